The van der Waals surface area contributed by atoms with E-state index in [0.29, 0.717) is 17.7 Å². The summed E-state index contributed by atoms with van der Waals surface area (Å²) in [6.07, 6.45) is 0. The van der Waals surface area contributed by atoms with Crippen molar-refractivity contribution in [3.8, 4) is 0 Å². The van der Waals surface area contributed by atoms with Crippen LogP contribution in [0, 0.1) is 0 Å². The molecule has 27 heavy (non-hydrogen) atoms. The Morgan fingerprint density at radius 1 is 0.815 bits per heavy atom. The molecule has 0 saturated heterocycles. The number of Topliss-reactive ketones (excluding diaryl/α,β-unsaturated/α-hetero) is 2. The van der Waals surface area contributed by atoms with Gasteiger partial charge in [0.2, 0.25) is 11.6 Å². The maximum absolute atomic E-state index is 12.8. The van der Waals surface area contributed by atoms with Gasteiger partial charge in [-0.15, -0.1) is 12.4 Å². The highest BCUT2D eigenvalue weighted by molar-refractivity contribution is 6.49. The fourth-order valence-electron chi connectivity index (χ4n) is 3.08. The van der Waals surface area contributed by atoms with Crippen molar-refractivity contribution in [2.24, 2.45) is 0 Å². The third kappa shape index (κ3) is 4.59. The van der Waals surface area contributed by atoms with Gasteiger partial charge in [-0.2, -0.15) is 0 Å². The van der Waals surface area contributed by atoms with E-state index in [-0.39, 0.29) is 34.7 Å². The minimum absolute atomic E-state index is 0. The molecule has 0 heterocycles. The van der Waals surface area contributed by atoms with E-state index in [1.165, 1.54) is 5.56 Å². The Labute approximate surface area is 170 Å². The Balaban J connectivity index is 0.00000261. The molecular formula is C21H22Cl2N2O2. The van der Waals surface area contributed by atoms with E-state index in [4.69, 9.17) is 11.6 Å². The van der Waals surface area contributed by atoms with Crippen LogP contribution in [0.5, 0.6) is 0 Å². The first-order valence-corrected chi connectivity index (χ1v) is 8.88. The van der Waals surface area contributed by atoms with Gasteiger partial charge in [0.05, 0.1) is 0 Å². The Bertz CT molecular complexity index is 865. The van der Waals surface area contributed by atoms with Crippen LogP contribution in [-0.2, 0) is 6.54 Å². The summed E-state index contributed by atoms with van der Waals surface area (Å²) in [4.78, 5) is 29.2. The number of carbonyl (C=O) groups excluding carboxylic acids is 2. The summed E-state index contributed by atoms with van der Waals surface area (Å²) in [6.45, 7) is 2.15. The summed E-state index contributed by atoms with van der Waals surface area (Å²) in [6, 6.07) is 17.0. The van der Waals surface area contributed by atoms with Crippen LogP contribution < -0.4 is 0 Å². The largest absolute Gasteiger partial charge is 0.369 e. The van der Waals surface area contributed by atoms with Gasteiger partial charge in [-0.3, -0.25) is 9.59 Å². The number of benzene rings is 2. The summed E-state index contributed by atoms with van der Waals surface area (Å²) in [7, 11) is 3.83. The van der Waals surface area contributed by atoms with Gasteiger partial charge in [-0.05, 0) is 12.6 Å². The van der Waals surface area contributed by atoms with Crippen molar-refractivity contribution in [1.29, 1.82) is 0 Å². The van der Waals surface area contributed by atoms with E-state index in [9.17, 15) is 9.59 Å². The smallest absolute Gasteiger partial charge is 0.211 e. The van der Waals surface area contributed by atoms with E-state index in [1.807, 2.05) is 25.2 Å². The van der Waals surface area contributed by atoms with Gasteiger partial charge < -0.3 is 9.80 Å². The molecule has 1 aliphatic carbocycles. The van der Waals surface area contributed by atoms with Crippen molar-refractivity contribution in [2.45, 2.75) is 6.54 Å². The Hall–Kier alpha value is -2.14. The van der Waals surface area contributed by atoms with Gasteiger partial charge in [-0.1, -0.05) is 66.2 Å². The third-order valence-electron chi connectivity index (χ3n) is 4.53. The summed E-state index contributed by atoms with van der Waals surface area (Å²) >= 11 is 6.25. The molecule has 0 aliphatic heterocycles. The average Bonchev–Trinajstić information content (AvgIpc) is 2.65. The van der Waals surface area contributed by atoms with E-state index >= 15 is 0 Å². The molecule has 2 aromatic carbocycles. The lowest BCUT2D eigenvalue weighted by molar-refractivity contribution is 0.0951. The van der Waals surface area contributed by atoms with Crippen LogP contribution in [0.1, 0.15) is 26.3 Å². The van der Waals surface area contributed by atoms with Gasteiger partial charge >= 0.3 is 0 Å². The lowest BCUT2D eigenvalue weighted by Gasteiger charge is -2.28. The lowest BCUT2D eigenvalue weighted by Crippen LogP contribution is -2.35. The van der Waals surface area contributed by atoms with Crippen molar-refractivity contribution in [1.82, 2.24) is 9.80 Å². The molecule has 0 aromatic heterocycles. The minimum Gasteiger partial charge on any atom is -0.369 e. The maximum Gasteiger partial charge on any atom is 0.211 e. The molecule has 3 rings (SSSR count). The molecule has 2 aromatic rings. The molecule has 1 aliphatic rings. The fraction of sp³-hybridized carbons (Fsp3) is 0.238. The number of likely N-dealkylation sites (N-methyl/N-ethyl adjacent to an activating group) is 2. The molecule has 4 nitrogen and oxygen atoms in total. The second kappa shape index (κ2) is 9.18. The molecule has 0 bridgehead atoms. The van der Waals surface area contributed by atoms with Crippen LogP contribution in [0.25, 0.3) is 0 Å². The maximum atomic E-state index is 12.8. The number of allylic oxidation sites excluding steroid dienone is 2. The van der Waals surface area contributed by atoms with E-state index in [1.54, 1.807) is 36.2 Å². The number of rotatable bonds is 6. The number of hydrogen-bond donors (Lipinski definition) is 0. The van der Waals surface area contributed by atoms with Crippen molar-refractivity contribution in [3.63, 3.8) is 0 Å². The second-order valence-electron chi connectivity index (χ2n) is 6.51. The molecule has 0 N–H and O–H groups in total. The number of ketones is 2. The van der Waals surface area contributed by atoms with Gasteiger partial charge in [0.1, 0.15) is 10.7 Å². The average molecular weight is 405 g/mol. The minimum atomic E-state index is -0.290. The van der Waals surface area contributed by atoms with E-state index in [0.717, 1.165) is 13.1 Å². The number of carbonyl (C=O) groups is 2. The van der Waals surface area contributed by atoms with Gasteiger partial charge in [-0.25, -0.2) is 0 Å². The first-order chi connectivity index (χ1) is 12.5. The molecule has 0 spiro atoms. The van der Waals surface area contributed by atoms with Gasteiger partial charge in [0.15, 0.2) is 0 Å². The first kappa shape index (κ1) is 21.2. The molecule has 0 saturated carbocycles. The molecule has 142 valence electrons. The zero-order chi connectivity index (χ0) is 18.7. The number of nitrogens with zero attached hydrogens (tertiary/aromatic N) is 2. The SMILES string of the molecule is CN(CCN(C)C1=C(Cl)C(=O)c2ccccc2C1=O)Cc1ccccc1.Cl. The predicted octanol–water partition coefficient (Wildman–Crippen LogP) is 4.00. The number of hydrogen-bond acceptors (Lipinski definition) is 4. The summed E-state index contributed by atoms with van der Waals surface area (Å²) in [5.74, 6) is -0.486. The molecule has 0 fully saturated rings. The standard InChI is InChI=1S/C21H21ClN2O2.ClH/c1-23(14-15-8-4-3-5-9-15)12-13-24(2)19-18(22)20(25)16-10-6-7-11-17(16)21(19)26;/h3-11H,12-14H2,1-2H3;1H. The van der Waals surface area contributed by atoms with Crippen molar-refractivity contribution in [3.05, 3.63) is 82.0 Å². The Morgan fingerprint density at radius 3 is 2.00 bits per heavy atom. The van der Waals surface area contributed by atoms with Crippen LogP contribution in [-0.4, -0.2) is 48.6 Å². The van der Waals surface area contributed by atoms with Crippen LogP contribution in [0.4, 0.5) is 0 Å². The zero-order valence-electron chi connectivity index (χ0n) is 15.3. The van der Waals surface area contributed by atoms with Crippen molar-refractivity contribution >= 4 is 35.6 Å². The highest BCUT2D eigenvalue weighted by Gasteiger charge is 2.33. The quantitative estimate of drug-likeness (QED) is 0.729. The number of fused-ring (bicyclic) bond motifs is 1. The van der Waals surface area contributed by atoms with Crippen molar-refractivity contribution in [2.75, 3.05) is 27.2 Å². The first-order valence-electron chi connectivity index (χ1n) is 8.51. The van der Waals surface area contributed by atoms with Crippen LogP contribution in [0.2, 0.25) is 0 Å². The van der Waals surface area contributed by atoms with Gasteiger partial charge in [0, 0.05) is 37.8 Å². The molecule has 0 unspecified atom stereocenters. The van der Waals surface area contributed by atoms with Crippen LogP contribution in [0.15, 0.2) is 65.3 Å². The molecule has 0 atom stereocenters. The highest BCUT2D eigenvalue weighted by Crippen LogP contribution is 2.29. The molecule has 6 heteroatoms. The lowest BCUT2D eigenvalue weighted by atomic mass is 9.92. The summed E-state index contributed by atoms with van der Waals surface area (Å²) in [5.41, 5.74) is 2.30. The Kier molecular flexibility index (Phi) is 7.19. The zero-order valence-corrected chi connectivity index (χ0v) is 16.9. The monoisotopic (exact) mass is 404 g/mol. The third-order valence-corrected chi connectivity index (χ3v) is 4.88. The van der Waals surface area contributed by atoms with Gasteiger partial charge in [0.25, 0.3) is 0 Å². The summed E-state index contributed by atoms with van der Waals surface area (Å²) in [5, 5.41) is 0.00177. The predicted molar refractivity (Wildman–Crippen MR) is 111 cm³/mol. The van der Waals surface area contributed by atoms with Crippen molar-refractivity contribution < 1.29 is 9.59 Å². The molecular weight excluding hydrogens is 383 g/mol. The topological polar surface area (TPSA) is 40.6 Å². The van der Waals surface area contributed by atoms with Crippen LogP contribution >= 0.6 is 24.0 Å². The fourth-order valence-corrected chi connectivity index (χ4v) is 3.41. The second-order valence-corrected chi connectivity index (χ2v) is 6.89. The van der Waals surface area contributed by atoms with E-state index in [2.05, 4.69) is 17.0 Å². The Morgan fingerprint density at radius 2 is 1.37 bits per heavy atom. The summed E-state index contributed by atoms with van der Waals surface area (Å²) < 4.78 is 0. The normalized spacial score (nSPS) is 13.5. The van der Waals surface area contributed by atoms with E-state index < -0.39 is 0 Å². The molecule has 0 radical (unpaired) electrons. The highest BCUT2D eigenvalue weighted by atomic mass is 35.5. The number of halogens is 2. The van der Waals surface area contributed by atoms with Crippen LogP contribution in [0.3, 0.4) is 0 Å². The molecule has 0 amide bonds.